The van der Waals surface area contributed by atoms with E-state index in [2.05, 4.69) is 40.7 Å². The molecule has 32 nitrogen and oxygen atoms in total. The van der Waals surface area contributed by atoms with E-state index in [-0.39, 0.29) is 37.7 Å². The predicted octanol–water partition coefficient (Wildman–Crippen LogP) is -6.14. The largest absolute Gasteiger partial charge is 0.432 e. The first-order valence-electron chi connectivity index (χ1n) is 33.7. The molecule has 4 saturated carbocycles. The molecule has 96 heavy (non-hydrogen) atoms. The van der Waals surface area contributed by atoms with Crippen LogP contribution in [0.5, 0.6) is 0 Å². The fourth-order valence-electron chi connectivity index (χ4n) is 19.0. The summed E-state index contributed by atoms with van der Waals surface area (Å²) in [5.41, 5.74) is -4.75. The Balaban J connectivity index is 0.866. The van der Waals surface area contributed by atoms with Gasteiger partial charge in [0.15, 0.2) is 37.6 Å². The van der Waals surface area contributed by atoms with Crippen LogP contribution >= 0.6 is 0 Å². The molecule has 0 aromatic rings. The Bertz CT molecular complexity index is 2720. The van der Waals surface area contributed by atoms with Gasteiger partial charge in [-0.3, -0.25) is 4.79 Å². The van der Waals surface area contributed by atoms with E-state index >= 15 is 4.79 Å². The number of fused-ring (bicyclic) bond motifs is 7. The normalized spacial score (nSPS) is 55.9. The Labute approximate surface area is 555 Å². The van der Waals surface area contributed by atoms with Crippen molar-refractivity contribution >= 4 is 5.97 Å². The molecule has 11 aliphatic rings. The van der Waals surface area contributed by atoms with Crippen LogP contribution in [0.15, 0.2) is 11.6 Å². The average Bonchev–Trinajstić information content (AvgIpc) is 0.670. The summed E-state index contributed by atoms with van der Waals surface area (Å²) in [4.78, 5) is 16.0. The summed E-state index contributed by atoms with van der Waals surface area (Å²) < 4.78 is 71.9. The number of aliphatic hydroxyl groups is 19. The van der Waals surface area contributed by atoms with Crippen LogP contribution in [-0.2, 0) is 61.6 Å². The number of rotatable bonds is 15. The fraction of sp³-hybridized carbons (Fsp3) is 0.953. The highest BCUT2D eigenvalue weighted by atomic mass is 16.8. The number of hydrogen-bond acceptors (Lipinski definition) is 32. The summed E-state index contributed by atoms with van der Waals surface area (Å²) in [6.07, 6.45) is -47.3. The maximum Gasteiger partial charge on any atom is 0.317 e. The highest BCUT2D eigenvalue weighted by molar-refractivity contribution is 5.80. The third-order valence-electron chi connectivity index (χ3n) is 24.9. The zero-order valence-electron chi connectivity index (χ0n) is 55.2. The van der Waals surface area contributed by atoms with Crippen LogP contribution in [0.1, 0.15) is 107 Å². The molecule has 11 rings (SSSR count). The Morgan fingerprint density at radius 1 is 0.510 bits per heavy atom. The van der Waals surface area contributed by atoms with Crippen molar-refractivity contribution < 1.29 is 159 Å². The van der Waals surface area contributed by atoms with Gasteiger partial charge in [0, 0.05) is 5.41 Å². The molecule has 0 bridgehead atoms. The Morgan fingerprint density at radius 3 is 1.69 bits per heavy atom. The second kappa shape index (κ2) is 27.9. The van der Waals surface area contributed by atoms with Gasteiger partial charge in [0.1, 0.15) is 121 Å². The Kier molecular flexibility index (Phi) is 21.8. The quantitative estimate of drug-likeness (QED) is 0.0412. The first-order valence-corrected chi connectivity index (χ1v) is 33.7. The van der Waals surface area contributed by atoms with Crippen LogP contribution < -0.4 is 0 Å². The predicted molar refractivity (Wildman–Crippen MR) is 317 cm³/mol. The van der Waals surface area contributed by atoms with Gasteiger partial charge < -0.3 is 154 Å². The van der Waals surface area contributed by atoms with Crippen LogP contribution in [0.25, 0.3) is 0 Å². The molecule has 0 amide bonds. The first kappa shape index (κ1) is 75.2. The minimum atomic E-state index is -2.07. The lowest BCUT2D eigenvalue weighted by molar-refractivity contribution is -0.391. The molecule has 39 atom stereocenters. The van der Waals surface area contributed by atoms with Gasteiger partial charge in [-0.2, -0.15) is 0 Å². The topological polar surface area (TPSA) is 512 Å². The summed E-state index contributed by atoms with van der Waals surface area (Å²) in [5, 5.41) is 211. The van der Waals surface area contributed by atoms with E-state index in [0.29, 0.717) is 32.1 Å². The van der Waals surface area contributed by atoms with Crippen LogP contribution in [0, 0.1) is 50.2 Å². The van der Waals surface area contributed by atoms with Gasteiger partial charge in [0.2, 0.25) is 6.29 Å². The molecule has 0 aromatic heterocycles. The number of carbonyl (C=O) groups excluding carboxylic acids is 1. The number of hydrogen-bond donors (Lipinski definition) is 19. The van der Waals surface area contributed by atoms with Crippen molar-refractivity contribution in [2.75, 3.05) is 33.0 Å². The van der Waals surface area contributed by atoms with E-state index in [4.69, 9.17) is 56.8 Å². The Morgan fingerprint density at radius 2 is 1.05 bits per heavy atom. The fourth-order valence-corrected chi connectivity index (χ4v) is 19.0. The van der Waals surface area contributed by atoms with Crippen molar-refractivity contribution in [2.24, 2.45) is 50.2 Å². The van der Waals surface area contributed by atoms with Gasteiger partial charge >= 0.3 is 5.97 Å². The maximum atomic E-state index is 16.0. The van der Waals surface area contributed by atoms with Crippen molar-refractivity contribution in [1.82, 2.24) is 0 Å². The lowest BCUT2D eigenvalue weighted by atomic mass is 9.33. The third-order valence-corrected chi connectivity index (χ3v) is 24.9. The summed E-state index contributed by atoms with van der Waals surface area (Å²) in [7, 11) is 0. The van der Waals surface area contributed by atoms with E-state index < -0.39 is 261 Å². The van der Waals surface area contributed by atoms with Crippen LogP contribution in [-0.4, -0.2) is 326 Å². The number of allylic oxidation sites excluding steroid dienone is 2. The highest BCUT2D eigenvalue weighted by Crippen LogP contribution is 2.76. The third kappa shape index (κ3) is 12.6. The van der Waals surface area contributed by atoms with E-state index in [9.17, 15) is 97.0 Å². The molecule has 10 fully saturated rings. The van der Waals surface area contributed by atoms with E-state index in [1.165, 1.54) is 13.8 Å². The SMILES string of the molecule is C[C@H]1O[C@@H](OC(=O)[C@]23CCC(C)(C)C[C@H]2C2=CC[C@@H]4[C@@]5(C)C[C@H](O)[C@H](O[C@@H]6O[C@H](CO[C@@H]7OC[C@H](O)[C@H](O)[C@H]7O)[C@@H](O)[C@H](O)[C@H]6O)[C@@](C)(CO)[C@@H]5CC[C@@]4(C)[C@]2(C)C[C@H]3O)[C@H](O[C@@H]2O[C@H](C)[C@@H](O[C@@H]3OC[C@@H](O)[C@H](O)[C@H]3O)[C@H](O)[C@@H]2O)[C@@H](O[C@@H]2O[C@H](CO)[C@@H](O)[C@H](O)[C@H]2O)[C@H]1O. The number of ether oxygens (including phenoxy) is 12. The highest BCUT2D eigenvalue weighted by Gasteiger charge is 2.74. The maximum absolute atomic E-state index is 16.0. The zero-order chi connectivity index (χ0) is 70.2. The van der Waals surface area contributed by atoms with Crippen LogP contribution in [0.2, 0.25) is 0 Å². The molecule has 5 aliphatic carbocycles. The molecule has 6 heterocycles. The summed E-state index contributed by atoms with van der Waals surface area (Å²) in [6, 6.07) is 0. The minimum Gasteiger partial charge on any atom is -0.432 e. The molecule has 0 radical (unpaired) electrons. The van der Waals surface area contributed by atoms with E-state index in [0.717, 1.165) is 5.57 Å². The van der Waals surface area contributed by atoms with Gasteiger partial charge in [0.05, 0.1) is 63.6 Å². The summed E-state index contributed by atoms with van der Waals surface area (Å²) >= 11 is 0. The molecule has 0 spiro atoms. The minimum absolute atomic E-state index is 0.0293. The zero-order valence-corrected chi connectivity index (χ0v) is 55.2. The average molecular weight is 1390 g/mol. The molecular formula is C64H104O32. The van der Waals surface area contributed by atoms with Crippen LogP contribution in [0.3, 0.4) is 0 Å². The molecule has 552 valence electrons. The monoisotopic (exact) mass is 1380 g/mol. The lowest BCUT2D eigenvalue weighted by Crippen LogP contribution is -2.71. The van der Waals surface area contributed by atoms with Crippen LogP contribution in [0.4, 0.5) is 0 Å². The summed E-state index contributed by atoms with van der Waals surface area (Å²) in [6.45, 7) is 12.3. The van der Waals surface area contributed by atoms with Gasteiger partial charge in [0.25, 0.3) is 0 Å². The van der Waals surface area contributed by atoms with E-state index in [1.807, 2.05) is 0 Å². The lowest BCUT2D eigenvalue weighted by Gasteiger charge is -2.72. The van der Waals surface area contributed by atoms with Crippen molar-refractivity contribution in [1.29, 1.82) is 0 Å². The van der Waals surface area contributed by atoms with Crippen molar-refractivity contribution in [3.8, 4) is 0 Å². The number of aliphatic hydroxyl groups excluding tert-OH is 19. The molecule has 19 N–H and O–H groups in total. The number of carbonyl (C=O) groups is 1. The molecule has 0 aromatic carbocycles. The molecule has 6 saturated heterocycles. The van der Waals surface area contributed by atoms with Crippen molar-refractivity contribution in [2.45, 2.75) is 297 Å². The van der Waals surface area contributed by atoms with Gasteiger partial charge in [-0.1, -0.05) is 53.2 Å². The first-order chi connectivity index (χ1) is 44.9. The second-order valence-corrected chi connectivity index (χ2v) is 31.1. The van der Waals surface area contributed by atoms with E-state index in [1.54, 1.807) is 6.92 Å². The van der Waals surface area contributed by atoms with Gasteiger partial charge in [-0.25, -0.2) is 0 Å². The number of esters is 1. The van der Waals surface area contributed by atoms with Gasteiger partial charge in [-0.05, 0) is 105 Å². The second-order valence-electron chi connectivity index (χ2n) is 31.1. The smallest absolute Gasteiger partial charge is 0.317 e. The molecular weight excluding hydrogens is 1280 g/mol. The Hall–Kier alpha value is -1.99. The standard InChI is InChI=1S/C64H104O32/c1-23-35(71)49(93-55-45(81)40(76)38(74)30(18-65)90-55)50(94-54-47(83)42(78)48(24(2)89-54)92-53-44(80)37(73)29(69)20-86-53)57(88-23)96-58(84)64-14-13-59(3,4)15-26(64)25-9-10-33-60(5)16-27(67)51(61(6,22-66)32(60)11-12-62(33,7)63(25,8)17-34(64)70)95-56-46(82)41(77)39(75)31(91-56)21-87-52-43(79)36(72)28(68)19-85-52/h9,23-24,26-57,65-83H,10-22H2,1-8H3/t23-,24-,26+,27+,28+,29-,30-,31-,32-,33-,34-,35+,36+,37+,38-,39-,40+,41+,42-,43-,44-,45-,46-,47+,48-,49+,50-,51+,52+,53+,54+,55+,56+,57+,60+,61+,62-,63-,64-/m1/s1. The molecule has 6 aliphatic heterocycles. The molecule has 0 unspecified atom stereocenters. The molecule has 32 heteroatoms. The van der Waals surface area contributed by atoms with Crippen molar-refractivity contribution in [3.05, 3.63) is 11.6 Å². The summed E-state index contributed by atoms with van der Waals surface area (Å²) in [5.74, 6) is -2.26. The van der Waals surface area contributed by atoms with Crippen molar-refractivity contribution in [3.63, 3.8) is 0 Å². The van der Waals surface area contributed by atoms with Gasteiger partial charge in [-0.15, -0.1) is 0 Å².